The molecule has 0 radical (unpaired) electrons. The summed E-state index contributed by atoms with van der Waals surface area (Å²) in [4.78, 5) is 10.4. The van der Waals surface area contributed by atoms with Crippen molar-refractivity contribution in [2.24, 2.45) is 5.73 Å². The zero-order chi connectivity index (χ0) is 24.7. The number of nitrogens with two attached hydrogens (primary N) is 1. The Hall–Kier alpha value is -3.75. The van der Waals surface area contributed by atoms with Crippen molar-refractivity contribution in [3.05, 3.63) is 95.7 Å². The zero-order valence-electron chi connectivity index (χ0n) is 17.8. The van der Waals surface area contributed by atoms with Crippen LogP contribution < -0.4 is 24.7 Å². The Labute approximate surface area is 216 Å². The molecular weight excluding hydrogens is 586 g/mol. The molecule has 0 amide bonds. The molecule has 9 nitrogen and oxygen atoms in total. The van der Waals surface area contributed by atoms with Crippen molar-refractivity contribution in [3.63, 3.8) is 0 Å². The van der Waals surface area contributed by atoms with Gasteiger partial charge in [0.15, 0.2) is 11.5 Å². The van der Waals surface area contributed by atoms with Crippen LogP contribution >= 0.6 is 31.9 Å². The Balaban J connectivity index is 1.48. The van der Waals surface area contributed by atoms with Crippen molar-refractivity contribution in [1.29, 1.82) is 5.26 Å². The van der Waals surface area contributed by atoms with Gasteiger partial charge in [-0.2, -0.15) is 5.26 Å². The summed E-state index contributed by atoms with van der Waals surface area (Å²) in [7, 11) is 0. The first-order valence-electron chi connectivity index (χ1n) is 10.2. The number of halogens is 2. The lowest BCUT2D eigenvalue weighted by Gasteiger charge is -2.27. The van der Waals surface area contributed by atoms with Gasteiger partial charge in [0.05, 0.1) is 19.8 Å². The molecule has 176 valence electrons. The van der Waals surface area contributed by atoms with Gasteiger partial charge in [-0.15, -0.1) is 0 Å². The molecule has 0 saturated carbocycles. The largest absolute Gasteiger partial charge is 0.487 e. The van der Waals surface area contributed by atoms with Gasteiger partial charge in [-0.25, -0.2) is 0 Å². The van der Waals surface area contributed by atoms with Gasteiger partial charge in [-0.3, -0.25) is 10.1 Å². The number of ether oxygens (including phenoxy) is 4. The van der Waals surface area contributed by atoms with Crippen molar-refractivity contribution in [3.8, 4) is 29.1 Å². The Morgan fingerprint density at radius 3 is 2.37 bits per heavy atom. The number of benzene rings is 3. The summed E-state index contributed by atoms with van der Waals surface area (Å²) < 4.78 is 23.9. The van der Waals surface area contributed by atoms with E-state index in [1.165, 1.54) is 12.1 Å². The van der Waals surface area contributed by atoms with Crippen LogP contribution in [0.3, 0.4) is 0 Å². The van der Waals surface area contributed by atoms with E-state index in [4.69, 9.17) is 24.7 Å². The molecule has 35 heavy (non-hydrogen) atoms. The van der Waals surface area contributed by atoms with Crippen molar-refractivity contribution >= 4 is 37.5 Å². The molecule has 1 atom stereocenters. The second-order valence-electron chi connectivity index (χ2n) is 7.69. The quantitative estimate of drug-likeness (QED) is 0.294. The summed E-state index contributed by atoms with van der Waals surface area (Å²) in [5.74, 6) is 1.66. The van der Waals surface area contributed by atoms with E-state index in [9.17, 15) is 15.4 Å². The van der Waals surface area contributed by atoms with E-state index in [1.54, 1.807) is 24.3 Å². The third-order valence-corrected chi connectivity index (χ3v) is 6.77. The van der Waals surface area contributed by atoms with Crippen LogP contribution in [0, 0.1) is 21.4 Å². The van der Waals surface area contributed by atoms with Gasteiger partial charge in [-0.05, 0) is 73.3 Å². The molecule has 0 aromatic heterocycles. The van der Waals surface area contributed by atoms with Crippen LogP contribution in [0.15, 0.2) is 68.9 Å². The first-order valence-corrected chi connectivity index (χ1v) is 11.8. The third-order valence-electron chi connectivity index (χ3n) is 5.59. The monoisotopic (exact) mass is 599 g/mol. The van der Waals surface area contributed by atoms with E-state index in [0.29, 0.717) is 31.9 Å². The summed E-state index contributed by atoms with van der Waals surface area (Å²) in [5.41, 5.74) is 8.65. The molecule has 0 unspecified atom stereocenters. The predicted octanol–water partition coefficient (Wildman–Crippen LogP) is 5.65. The Kier molecular flexibility index (Phi) is 6.00. The second kappa shape index (κ2) is 9.13. The van der Waals surface area contributed by atoms with Crippen LogP contribution in [0.2, 0.25) is 0 Å². The number of allylic oxidation sites excluding steroid dienone is 1. The minimum atomic E-state index is -0.505. The molecule has 3 aromatic carbocycles. The fourth-order valence-electron chi connectivity index (χ4n) is 3.94. The van der Waals surface area contributed by atoms with Gasteiger partial charge in [-0.1, -0.05) is 0 Å². The average molecular weight is 601 g/mol. The summed E-state index contributed by atoms with van der Waals surface area (Å²) in [6, 6.07) is 15.5. The molecule has 11 heteroatoms. The number of rotatable bonds is 5. The smallest absolute Gasteiger partial charge is 0.269 e. The number of nitro benzene ring substituents is 1. The van der Waals surface area contributed by atoms with Crippen LogP contribution in [0.5, 0.6) is 23.0 Å². The number of non-ortho nitro benzene ring substituents is 1. The predicted molar refractivity (Wildman–Crippen MR) is 131 cm³/mol. The van der Waals surface area contributed by atoms with E-state index in [-0.39, 0.29) is 30.5 Å². The van der Waals surface area contributed by atoms with Gasteiger partial charge in [0, 0.05) is 23.8 Å². The SMILES string of the molecule is N#CC1=C(N)Oc2cc3c(cc2[C@H]1c1cc(Br)c(OCc2ccc([N+](=O)[O-])cc2)c(Br)c1)OCO3. The van der Waals surface area contributed by atoms with Gasteiger partial charge in [0.1, 0.15) is 29.7 Å². The Bertz CT molecular complexity index is 1410. The van der Waals surface area contributed by atoms with E-state index < -0.39 is 10.8 Å². The molecule has 0 fully saturated rings. The number of fused-ring (bicyclic) bond motifs is 2. The Morgan fingerprint density at radius 1 is 1.09 bits per heavy atom. The maximum absolute atomic E-state index is 10.9. The Morgan fingerprint density at radius 2 is 1.74 bits per heavy atom. The highest BCUT2D eigenvalue weighted by atomic mass is 79.9. The zero-order valence-corrected chi connectivity index (χ0v) is 21.0. The molecule has 2 heterocycles. The maximum atomic E-state index is 10.9. The van der Waals surface area contributed by atoms with Gasteiger partial charge < -0.3 is 24.7 Å². The fraction of sp³-hybridized carbons (Fsp3) is 0.125. The maximum Gasteiger partial charge on any atom is 0.269 e. The van der Waals surface area contributed by atoms with Crippen molar-refractivity contribution in [2.45, 2.75) is 12.5 Å². The van der Waals surface area contributed by atoms with E-state index in [1.807, 2.05) is 12.1 Å². The highest BCUT2D eigenvalue weighted by molar-refractivity contribution is 9.11. The van der Waals surface area contributed by atoms with E-state index in [2.05, 4.69) is 37.9 Å². The minimum Gasteiger partial charge on any atom is -0.487 e. The van der Waals surface area contributed by atoms with Gasteiger partial charge in [0.2, 0.25) is 12.7 Å². The average Bonchev–Trinajstić information content (AvgIpc) is 3.29. The summed E-state index contributed by atoms with van der Waals surface area (Å²) >= 11 is 7.13. The molecule has 0 spiro atoms. The molecule has 2 N–H and O–H groups in total. The molecule has 2 aliphatic rings. The fourth-order valence-corrected chi connectivity index (χ4v) is 5.39. The standard InChI is InChI=1S/C24H15Br2N3O6/c25-17-5-13(6-18(26)23(17)32-10-12-1-3-14(4-2-12)29(30)31)22-15-7-20-21(34-11-33-20)8-19(15)35-24(28)16(22)9-27/h1-8,22H,10-11,28H2/t22-/m1/s1. The van der Waals surface area contributed by atoms with Gasteiger partial charge >= 0.3 is 0 Å². The van der Waals surface area contributed by atoms with E-state index >= 15 is 0 Å². The lowest BCUT2D eigenvalue weighted by molar-refractivity contribution is -0.384. The van der Waals surface area contributed by atoms with Crippen molar-refractivity contribution < 1.29 is 23.9 Å². The number of nitriles is 1. The first-order chi connectivity index (χ1) is 16.9. The van der Waals surface area contributed by atoms with Crippen LogP contribution in [0.25, 0.3) is 0 Å². The molecule has 5 rings (SSSR count). The van der Waals surface area contributed by atoms with Crippen molar-refractivity contribution in [2.75, 3.05) is 6.79 Å². The summed E-state index contributed by atoms with van der Waals surface area (Å²) in [5, 5.41) is 20.7. The second-order valence-corrected chi connectivity index (χ2v) is 9.40. The number of nitrogens with zero attached hydrogens (tertiary/aromatic N) is 2. The number of hydrogen-bond acceptors (Lipinski definition) is 8. The van der Waals surface area contributed by atoms with Crippen LogP contribution in [-0.2, 0) is 6.61 Å². The van der Waals surface area contributed by atoms with Crippen molar-refractivity contribution in [1.82, 2.24) is 0 Å². The molecular formula is C24H15Br2N3O6. The number of hydrogen-bond donors (Lipinski definition) is 1. The topological polar surface area (TPSA) is 130 Å². The minimum absolute atomic E-state index is 0.0143. The highest BCUT2D eigenvalue weighted by Crippen LogP contribution is 2.49. The number of nitro groups is 1. The van der Waals surface area contributed by atoms with Crippen LogP contribution in [0.1, 0.15) is 22.6 Å². The molecule has 0 bridgehead atoms. The lowest BCUT2D eigenvalue weighted by atomic mass is 9.83. The normalized spacial score (nSPS) is 15.7. The molecule has 0 saturated heterocycles. The molecule has 3 aromatic rings. The molecule has 0 aliphatic carbocycles. The summed E-state index contributed by atoms with van der Waals surface area (Å²) in [6.45, 7) is 0.309. The summed E-state index contributed by atoms with van der Waals surface area (Å²) in [6.07, 6.45) is 0. The first kappa shape index (κ1) is 23.0. The van der Waals surface area contributed by atoms with E-state index in [0.717, 1.165) is 16.7 Å². The highest BCUT2D eigenvalue weighted by Gasteiger charge is 2.34. The van der Waals surface area contributed by atoms with Crippen LogP contribution in [0.4, 0.5) is 5.69 Å². The third kappa shape index (κ3) is 4.26. The lowest BCUT2D eigenvalue weighted by Crippen LogP contribution is -2.21. The molecule has 2 aliphatic heterocycles. The van der Waals surface area contributed by atoms with Gasteiger partial charge in [0.25, 0.3) is 5.69 Å². The van der Waals surface area contributed by atoms with Crippen LogP contribution in [-0.4, -0.2) is 11.7 Å².